The number of aromatic amines is 1. The van der Waals surface area contributed by atoms with E-state index in [1.165, 1.54) is 31.0 Å². The van der Waals surface area contributed by atoms with Crippen LogP contribution in [0.2, 0.25) is 5.02 Å². The molecule has 1 aliphatic carbocycles. The molecule has 4 rings (SSSR count). The highest BCUT2D eigenvalue weighted by Gasteiger charge is 2.31. The fourth-order valence-electron chi connectivity index (χ4n) is 3.19. The van der Waals surface area contributed by atoms with Gasteiger partial charge < -0.3 is 4.90 Å². The van der Waals surface area contributed by atoms with Gasteiger partial charge in [0.25, 0.3) is 5.91 Å². The van der Waals surface area contributed by atoms with Crippen molar-refractivity contribution in [2.45, 2.75) is 37.5 Å². The van der Waals surface area contributed by atoms with Crippen molar-refractivity contribution in [2.24, 2.45) is 0 Å². The number of H-pyrrole nitrogens is 1. The summed E-state index contributed by atoms with van der Waals surface area (Å²) in [5.74, 6) is 1.80. The summed E-state index contributed by atoms with van der Waals surface area (Å²) in [4.78, 5) is 19.1. The average Bonchev–Trinajstić information content (AvgIpc) is 3.34. The SMILES string of the molecule is O=C(c1ccc(F)c(Cl)c1)N1CCC[C@H](c2n[nH]c(C3CC3)n2)C1. The molecular formula is C17H18ClFN4O. The number of rotatable bonds is 3. The minimum absolute atomic E-state index is 0.0301. The molecule has 2 heterocycles. The van der Waals surface area contributed by atoms with E-state index in [1.807, 2.05) is 0 Å². The Morgan fingerprint density at radius 1 is 1.29 bits per heavy atom. The van der Waals surface area contributed by atoms with E-state index in [0.717, 1.165) is 24.5 Å². The van der Waals surface area contributed by atoms with Crippen LogP contribution in [0.1, 0.15) is 59.5 Å². The van der Waals surface area contributed by atoms with Crippen LogP contribution in [0, 0.1) is 5.82 Å². The number of halogens is 2. The maximum Gasteiger partial charge on any atom is 0.253 e. The van der Waals surface area contributed by atoms with Crippen LogP contribution in [0.15, 0.2) is 18.2 Å². The van der Waals surface area contributed by atoms with Crippen LogP contribution in [0.4, 0.5) is 4.39 Å². The Hall–Kier alpha value is -1.95. The summed E-state index contributed by atoms with van der Waals surface area (Å²) in [6, 6.07) is 4.10. The molecule has 1 saturated heterocycles. The highest BCUT2D eigenvalue weighted by molar-refractivity contribution is 6.31. The van der Waals surface area contributed by atoms with E-state index >= 15 is 0 Å². The van der Waals surface area contributed by atoms with Gasteiger partial charge in [0.15, 0.2) is 5.82 Å². The van der Waals surface area contributed by atoms with Crippen molar-refractivity contribution in [3.05, 3.63) is 46.3 Å². The summed E-state index contributed by atoms with van der Waals surface area (Å²) >= 11 is 5.79. The summed E-state index contributed by atoms with van der Waals surface area (Å²) in [6.45, 7) is 1.26. The largest absolute Gasteiger partial charge is 0.338 e. The van der Waals surface area contributed by atoms with Crippen molar-refractivity contribution in [2.75, 3.05) is 13.1 Å². The molecule has 0 radical (unpaired) electrons. The first-order chi connectivity index (χ1) is 11.6. The van der Waals surface area contributed by atoms with Crippen molar-refractivity contribution in [3.63, 3.8) is 0 Å². The third-order valence-electron chi connectivity index (χ3n) is 4.72. The number of hydrogen-bond acceptors (Lipinski definition) is 3. The minimum Gasteiger partial charge on any atom is -0.338 e. The summed E-state index contributed by atoms with van der Waals surface area (Å²) in [7, 11) is 0. The smallest absolute Gasteiger partial charge is 0.253 e. The summed E-state index contributed by atoms with van der Waals surface area (Å²) in [5, 5.41) is 7.35. The first-order valence-electron chi connectivity index (χ1n) is 8.28. The summed E-state index contributed by atoms with van der Waals surface area (Å²) in [6.07, 6.45) is 4.22. The summed E-state index contributed by atoms with van der Waals surface area (Å²) in [5.41, 5.74) is 0.413. The minimum atomic E-state index is -0.516. The Labute approximate surface area is 144 Å². The molecule has 1 atom stereocenters. The normalized spacial score (nSPS) is 21.1. The Morgan fingerprint density at radius 3 is 2.88 bits per heavy atom. The van der Waals surface area contributed by atoms with E-state index in [1.54, 1.807) is 4.90 Å². The number of benzene rings is 1. The van der Waals surface area contributed by atoms with Crippen molar-refractivity contribution in [1.82, 2.24) is 20.1 Å². The van der Waals surface area contributed by atoms with Gasteiger partial charge in [-0.1, -0.05) is 11.6 Å². The van der Waals surface area contributed by atoms with E-state index in [0.29, 0.717) is 24.6 Å². The second kappa shape index (κ2) is 6.16. The average molecular weight is 349 g/mol. The third kappa shape index (κ3) is 3.02. The number of nitrogens with one attached hydrogen (secondary N) is 1. The van der Waals surface area contributed by atoms with Gasteiger partial charge in [-0.05, 0) is 43.9 Å². The number of piperidine rings is 1. The number of carbonyl (C=O) groups excluding carboxylic acids is 1. The molecule has 2 aromatic rings. The Kier molecular flexibility index (Phi) is 4.00. The quantitative estimate of drug-likeness (QED) is 0.923. The summed E-state index contributed by atoms with van der Waals surface area (Å²) < 4.78 is 13.3. The van der Waals surface area contributed by atoms with Gasteiger partial charge in [0, 0.05) is 30.5 Å². The molecule has 1 aliphatic heterocycles. The maximum atomic E-state index is 13.3. The molecule has 7 heteroatoms. The number of carbonyl (C=O) groups is 1. The molecule has 2 aliphatic rings. The molecule has 1 aromatic carbocycles. The molecule has 0 spiro atoms. The third-order valence-corrected chi connectivity index (χ3v) is 5.01. The van der Waals surface area contributed by atoms with Gasteiger partial charge in [-0.25, -0.2) is 9.37 Å². The molecule has 0 bridgehead atoms. The lowest BCUT2D eigenvalue weighted by Crippen LogP contribution is -2.39. The Morgan fingerprint density at radius 2 is 2.12 bits per heavy atom. The van der Waals surface area contributed by atoms with E-state index in [4.69, 9.17) is 11.6 Å². The number of amides is 1. The van der Waals surface area contributed by atoms with Gasteiger partial charge in [0.2, 0.25) is 0 Å². The zero-order valence-corrected chi connectivity index (χ0v) is 13.9. The van der Waals surface area contributed by atoms with Crippen molar-refractivity contribution < 1.29 is 9.18 Å². The van der Waals surface area contributed by atoms with E-state index in [9.17, 15) is 9.18 Å². The van der Waals surface area contributed by atoms with Crippen LogP contribution < -0.4 is 0 Å². The zero-order valence-electron chi connectivity index (χ0n) is 13.1. The second-order valence-corrected chi connectivity index (χ2v) is 6.98. The van der Waals surface area contributed by atoms with Crippen LogP contribution in [0.25, 0.3) is 0 Å². The highest BCUT2D eigenvalue weighted by Crippen LogP contribution is 2.38. The fraction of sp³-hybridized carbons (Fsp3) is 0.471. The van der Waals surface area contributed by atoms with Crippen LogP contribution in [-0.4, -0.2) is 39.1 Å². The highest BCUT2D eigenvalue weighted by atomic mass is 35.5. The molecule has 5 nitrogen and oxygen atoms in total. The molecule has 2 fully saturated rings. The predicted octanol–water partition coefficient (Wildman–Crippen LogP) is 3.49. The van der Waals surface area contributed by atoms with E-state index in [-0.39, 0.29) is 16.8 Å². The van der Waals surface area contributed by atoms with Crippen LogP contribution in [0.5, 0.6) is 0 Å². The fourth-order valence-corrected chi connectivity index (χ4v) is 3.37. The van der Waals surface area contributed by atoms with Crippen LogP contribution in [-0.2, 0) is 0 Å². The lowest BCUT2D eigenvalue weighted by Gasteiger charge is -2.31. The topological polar surface area (TPSA) is 61.9 Å². The zero-order chi connectivity index (χ0) is 16.7. The Bertz CT molecular complexity index is 774. The van der Waals surface area contributed by atoms with Gasteiger partial charge in [0.1, 0.15) is 11.6 Å². The molecule has 1 N–H and O–H groups in total. The number of aromatic nitrogens is 3. The van der Waals surface area contributed by atoms with Gasteiger partial charge in [-0.15, -0.1) is 0 Å². The van der Waals surface area contributed by atoms with E-state index < -0.39 is 5.82 Å². The van der Waals surface area contributed by atoms with Crippen LogP contribution >= 0.6 is 11.6 Å². The lowest BCUT2D eigenvalue weighted by molar-refractivity contribution is 0.0704. The number of hydrogen-bond donors (Lipinski definition) is 1. The lowest BCUT2D eigenvalue weighted by atomic mass is 9.96. The van der Waals surface area contributed by atoms with Gasteiger partial charge in [-0.2, -0.15) is 5.10 Å². The van der Waals surface area contributed by atoms with Crippen LogP contribution in [0.3, 0.4) is 0 Å². The van der Waals surface area contributed by atoms with Gasteiger partial charge >= 0.3 is 0 Å². The predicted molar refractivity (Wildman–Crippen MR) is 87.6 cm³/mol. The standard InChI is InChI=1S/C17H18ClFN4O/c18-13-8-11(5-6-14(13)19)17(24)23-7-1-2-12(9-23)16-20-15(21-22-16)10-3-4-10/h5-6,8,10,12H,1-4,7,9H2,(H,20,21,22)/t12-/m0/s1. The number of nitrogens with zero attached hydrogens (tertiary/aromatic N) is 3. The molecular weight excluding hydrogens is 331 g/mol. The first kappa shape index (κ1) is 15.6. The van der Waals surface area contributed by atoms with Crippen molar-refractivity contribution >= 4 is 17.5 Å². The molecule has 1 aromatic heterocycles. The maximum absolute atomic E-state index is 13.3. The second-order valence-electron chi connectivity index (χ2n) is 6.57. The molecule has 1 saturated carbocycles. The van der Waals surface area contributed by atoms with Gasteiger partial charge in [0.05, 0.1) is 5.02 Å². The molecule has 24 heavy (non-hydrogen) atoms. The molecule has 0 unspecified atom stereocenters. The monoisotopic (exact) mass is 348 g/mol. The first-order valence-corrected chi connectivity index (χ1v) is 8.66. The van der Waals surface area contributed by atoms with E-state index in [2.05, 4.69) is 15.2 Å². The Balaban J connectivity index is 1.48. The van der Waals surface area contributed by atoms with Crippen molar-refractivity contribution in [1.29, 1.82) is 0 Å². The van der Waals surface area contributed by atoms with Gasteiger partial charge in [-0.3, -0.25) is 9.89 Å². The molecule has 126 valence electrons. The number of likely N-dealkylation sites (tertiary alicyclic amines) is 1. The molecule has 1 amide bonds. The van der Waals surface area contributed by atoms with Crippen molar-refractivity contribution in [3.8, 4) is 0 Å².